The lowest BCUT2D eigenvalue weighted by molar-refractivity contribution is 1.32. The molecule has 0 rings (SSSR count). The fourth-order valence-corrected chi connectivity index (χ4v) is 0.0884. The van der Waals surface area contributed by atoms with E-state index in [0.29, 0.717) is 6.42 Å². The van der Waals surface area contributed by atoms with Crippen LogP contribution in [0, 0.1) is 12.2 Å². The van der Waals surface area contributed by atoms with Gasteiger partial charge in [-0.25, -0.2) is 0 Å². The molecule has 0 aliphatic heterocycles. The number of allylic oxidation sites excluding steroid dienone is 2. The van der Waals surface area contributed by atoms with Crippen molar-refractivity contribution in [3.8, 4) is 0 Å². The van der Waals surface area contributed by atoms with Crippen LogP contribution in [0.2, 0.25) is 0 Å². The fourth-order valence-electron chi connectivity index (χ4n) is 0.0884. The molecule has 0 aliphatic carbocycles. The van der Waals surface area contributed by atoms with Crippen LogP contribution in [-0.4, -0.2) is 0 Å². The van der Waals surface area contributed by atoms with Crippen LogP contribution in [0.3, 0.4) is 0 Å². The van der Waals surface area contributed by atoms with E-state index in [9.17, 15) is 0 Å². The predicted molar refractivity (Wildman–Crippen MR) is 22.4 cm³/mol. The molecule has 0 amide bonds. The molecule has 0 saturated carbocycles. The molecule has 26 valence electrons. The first-order valence-electron chi connectivity index (χ1n) is 1.41. The van der Waals surface area contributed by atoms with E-state index >= 15 is 0 Å². The van der Waals surface area contributed by atoms with Gasteiger partial charge in [-0.2, -0.15) is 0 Å². The third-order valence-electron chi connectivity index (χ3n) is 0.250. The normalized spacial score (nSPS) is 6.40. The fraction of sp³-hybridized carbons (Fsp3) is 0.200. The molecule has 0 spiro atoms. The highest BCUT2D eigenvalue weighted by Gasteiger charge is 1.55. The SMILES string of the molecule is C=[C]C[C]=C. The second-order valence-electron chi connectivity index (χ2n) is 0.677. The summed E-state index contributed by atoms with van der Waals surface area (Å²) < 4.78 is 0. The van der Waals surface area contributed by atoms with Crippen molar-refractivity contribution in [2.24, 2.45) is 0 Å². The zero-order valence-electron chi connectivity index (χ0n) is 3.12. The average Bonchev–Trinajstić information content (AvgIpc) is 1.41. The summed E-state index contributed by atoms with van der Waals surface area (Å²) in [7, 11) is 0. The van der Waals surface area contributed by atoms with Crippen LogP contribution < -0.4 is 0 Å². The Morgan fingerprint density at radius 3 is 1.60 bits per heavy atom. The van der Waals surface area contributed by atoms with Crippen molar-refractivity contribution < 1.29 is 0 Å². The lowest BCUT2D eigenvalue weighted by Gasteiger charge is -1.62. The zero-order chi connectivity index (χ0) is 4.12. The lowest BCUT2D eigenvalue weighted by atomic mass is 10.4. The van der Waals surface area contributed by atoms with Crippen LogP contribution in [0.4, 0.5) is 0 Å². The molecule has 0 fully saturated rings. The van der Waals surface area contributed by atoms with Gasteiger partial charge >= 0.3 is 0 Å². The quantitative estimate of drug-likeness (QED) is 0.456. The van der Waals surface area contributed by atoms with E-state index in [4.69, 9.17) is 0 Å². The molecule has 0 nitrogen and oxygen atoms in total. The summed E-state index contributed by atoms with van der Waals surface area (Å²) >= 11 is 0. The van der Waals surface area contributed by atoms with Crippen molar-refractivity contribution in [2.45, 2.75) is 6.42 Å². The first-order valence-corrected chi connectivity index (χ1v) is 1.41. The second kappa shape index (κ2) is 3.48. The summed E-state index contributed by atoms with van der Waals surface area (Å²) in [6, 6.07) is 0. The average molecular weight is 66.1 g/mol. The van der Waals surface area contributed by atoms with Crippen molar-refractivity contribution in [1.82, 2.24) is 0 Å². The van der Waals surface area contributed by atoms with Gasteiger partial charge in [-0.3, -0.25) is 0 Å². The van der Waals surface area contributed by atoms with Crippen molar-refractivity contribution in [1.29, 1.82) is 0 Å². The Morgan fingerprint density at radius 2 is 1.60 bits per heavy atom. The molecule has 0 saturated heterocycles. The van der Waals surface area contributed by atoms with Crippen LogP contribution in [-0.2, 0) is 0 Å². The first kappa shape index (κ1) is 4.48. The molecule has 0 atom stereocenters. The summed E-state index contributed by atoms with van der Waals surface area (Å²) in [4.78, 5) is 0. The molecule has 0 aromatic carbocycles. The minimum absolute atomic E-state index is 0.667. The zero-order valence-corrected chi connectivity index (χ0v) is 3.12. The summed E-state index contributed by atoms with van der Waals surface area (Å²) in [6.45, 7) is 6.65. The van der Waals surface area contributed by atoms with E-state index in [1.807, 2.05) is 0 Å². The molecule has 0 aliphatic rings. The Labute approximate surface area is 32.8 Å². The number of hydrogen-bond acceptors (Lipinski definition) is 0. The van der Waals surface area contributed by atoms with Gasteiger partial charge in [-0.1, -0.05) is 13.2 Å². The van der Waals surface area contributed by atoms with E-state index in [-0.39, 0.29) is 0 Å². The first-order chi connectivity index (χ1) is 2.41. The highest BCUT2D eigenvalue weighted by Crippen LogP contribution is 1.70. The monoisotopic (exact) mass is 66.0 g/mol. The van der Waals surface area contributed by atoms with Gasteiger partial charge in [0.05, 0.1) is 0 Å². The van der Waals surface area contributed by atoms with Crippen molar-refractivity contribution in [3.63, 3.8) is 0 Å². The minimum Gasteiger partial charge on any atom is -0.0952 e. The molecule has 0 unspecified atom stereocenters. The third kappa shape index (κ3) is 3.48. The van der Waals surface area contributed by atoms with Gasteiger partial charge in [0.15, 0.2) is 0 Å². The summed E-state index contributed by atoms with van der Waals surface area (Å²) in [6.07, 6.45) is 5.85. The van der Waals surface area contributed by atoms with Crippen LogP contribution in [0.25, 0.3) is 0 Å². The highest BCUT2D eigenvalue weighted by atomic mass is 13.6. The van der Waals surface area contributed by atoms with Gasteiger partial charge in [-0.15, -0.1) is 0 Å². The maximum atomic E-state index is 3.32. The van der Waals surface area contributed by atoms with Gasteiger partial charge < -0.3 is 0 Å². The molecular weight excluding hydrogens is 60.1 g/mol. The summed E-state index contributed by atoms with van der Waals surface area (Å²) in [5.41, 5.74) is 0. The Bertz CT molecular complexity index is 29.3. The number of hydrogen-bond donors (Lipinski definition) is 0. The van der Waals surface area contributed by atoms with Gasteiger partial charge in [0, 0.05) is 0 Å². The van der Waals surface area contributed by atoms with Crippen molar-refractivity contribution in [3.05, 3.63) is 25.3 Å². The van der Waals surface area contributed by atoms with Gasteiger partial charge in [0.25, 0.3) is 0 Å². The maximum Gasteiger partial charge on any atom is -0.00322 e. The summed E-state index contributed by atoms with van der Waals surface area (Å²) in [5, 5.41) is 0. The van der Waals surface area contributed by atoms with E-state index in [0.717, 1.165) is 0 Å². The Morgan fingerprint density at radius 1 is 1.20 bits per heavy atom. The number of rotatable bonds is 2. The third-order valence-corrected chi connectivity index (χ3v) is 0.250. The van der Waals surface area contributed by atoms with E-state index in [1.54, 1.807) is 0 Å². The smallest absolute Gasteiger partial charge is 0.00322 e. The molecule has 0 bridgehead atoms. The molecule has 0 aromatic rings. The van der Waals surface area contributed by atoms with E-state index in [1.165, 1.54) is 0 Å². The Kier molecular flexibility index (Phi) is 3.12. The maximum absolute atomic E-state index is 3.32. The van der Waals surface area contributed by atoms with Gasteiger partial charge in [0.1, 0.15) is 0 Å². The van der Waals surface area contributed by atoms with Crippen molar-refractivity contribution in [2.75, 3.05) is 0 Å². The topological polar surface area (TPSA) is 0 Å². The summed E-state index contributed by atoms with van der Waals surface area (Å²) in [5.74, 6) is 0. The lowest BCUT2D eigenvalue weighted by Crippen LogP contribution is -1.47. The molecule has 2 radical (unpaired) electrons. The Hall–Kier alpha value is -0.520. The highest BCUT2D eigenvalue weighted by molar-refractivity contribution is 4.63. The van der Waals surface area contributed by atoms with Gasteiger partial charge in [0.2, 0.25) is 0 Å². The predicted octanol–water partition coefficient (Wildman–Crippen LogP) is 1.35. The van der Waals surface area contributed by atoms with E-state index < -0.39 is 0 Å². The second-order valence-corrected chi connectivity index (χ2v) is 0.677. The minimum atomic E-state index is 0.667. The Balaban J connectivity index is 2.65. The molecule has 0 heteroatoms. The van der Waals surface area contributed by atoms with Crippen LogP contribution in [0.1, 0.15) is 6.42 Å². The van der Waals surface area contributed by atoms with Crippen LogP contribution in [0.15, 0.2) is 13.2 Å². The van der Waals surface area contributed by atoms with Crippen LogP contribution >= 0.6 is 0 Å². The van der Waals surface area contributed by atoms with Crippen LogP contribution in [0.5, 0.6) is 0 Å². The van der Waals surface area contributed by atoms with Gasteiger partial charge in [-0.05, 0) is 18.6 Å². The standard InChI is InChI=1S/C5H6/c1-3-5-4-2/h1-2,5H2. The molecule has 5 heavy (non-hydrogen) atoms. The van der Waals surface area contributed by atoms with E-state index in [2.05, 4.69) is 25.3 Å². The molecule has 0 aromatic heterocycles. The molecule has 0 N–H and O–H groups in total. The largest absolute Gasteiger partial charge is 0.0952 e. The molecular formula is C5H6. The molecule has 0 heterocycles. The van der Waals surface area contributed by atoms with Crippen molar-refractivity contribution >= 4 is 0 Å².